The molecule has 1 N–H and O–H groups in total. The van der Waals surface area contributed by atoms with E-state index in [1.54, 1.807) is 13.8 Å². The lowest BCUT2D eigenvalue weighted by atomic mass is 10.00. The molecule has 0 aliphatic carbocycles. The average Bonchev–Trinajstić information content (AvgIpc) is 3.00. The fourth-order valence-electron chi connectivity index (χ4n) is 4.45. The van der Waals surface area contributed by atoms with Crippen molar-refractivity contribution >= 4 is 29.8 Å². The minimum Gasteiger partial charge on any atom is -0.493 e. The molecular weight excluding hydrogens is 560 g/mol. The zero-order valence-corrected chi connectivity index (χ0v) is 26.1. The maximum atomic E-state index is 13.3. The predicted molar refractivity (Wildman–Crippen MR) is 155 cm³/mol. The first-order valence-electron chi connectivity index (χ1n) is 15.1. The highest BCUT2D eigenvalue weighted by atomic mass is 16.6. The summed E-state index contributed by atoms with van der Waals surface area (Å²) in [7, 11) is 1.35. The van der Waals surface area contributed by atoms with Gasteiger partial charge < -0.3 is 29.0 Å². The number of nitrogens with zero attached hydrogens (tertiary/aromatic N) is 1. The fourth-order valence-corrected chi connectivity index (χ4v) is 4.45. The number of esters is 4. The topological polar surface area (TPSA) is 156 Å². The first-order valence-corrected chi connectivity index (χ1v) is 15.1. The Bertz CT molecular complexity index is 1110. The van der Waals surface area contributed by atoms with E-state index in [2.05, 4.69) is 17.2 Å². The van der Waals surface area contributed by atoms with Gasteiger partial charge >= 0.3 is 23.9 Å². The third kappa shape index (κ3) is 11.1. The van der Waals surface area contributed by atoms with E-state index in [1.165, 1.54) is 58.9 Å². The number of rotatable bonds is 15. The van der Waals surface area contributed by atoms with E-state index < -0.39 is 66.5 Å². The van der Waals surface area contributed by atoms with Crippen LogP contribution in [0.25, 0.3) is 0 Å². The van der Waals surface area contributed by atoms with E-state index in [4.69, 9.17) is 23.7 Å². The summed E-state index contributed by atoms with van der Waals surface area (Å²) in [5.41, 5.74) is -0.298. The minimum absolute atomic E-state index is 0.102. The summed E-state index contributed by atoms with van der Waals surface area (Å²) in [5, 5.41) is 2.45. The van der Waals surface area contributed by atoms with Crippen LogP contribution in [0.2, 0.25) is 0 Å². The van der Waals surface area contributed by atoms with Crippen molar-refractivity contribution < 1.29 is 47.7 Å². The van der Waals surface area contributed by atoms with E-state index in [1.807, 2.05) is 0 Å². The second-order valence-corrected chi connectivity index (χ2v) is 11.0. The number of pyridine rings is 1. The van der Waals surface area contributed by atoms with E-state index in [-0.39, 0.29) is 23.6 Å². The molecule has 0 bridgehead atoms. The first-order chi connectivity index (χ1) is 20.5. The van der Waals surface area contributed by atoms with Crippen LogP contribution in [0.1, 0.15) is 103 Å². The van der Waals surface area contributed by atoms with Gasteiger partial charge in [-0.1, -0.05) is 65.7 Å². The van der Waals surface area contributed by atoms with Gasteiger partial charge in [-0.05, 0) is 20.3 Å². The number of cyclic esters (lactones) is 2. The number of amides is 1. The van der Waals surface area contributed by atoms with Gasteiger partial charge in [0.15, 0.2) is 23.6 Å². The van der Waals surface area contributed by atoms with Gasteiger partial charge in [-0.15, -0.1) is 0 Å². The van der Waals surface area contributed by atoms with Crippen LogP contribution in [0.3, 0.4) is 0 Å². The second-order valence-electron chi connectivity index (χ2n) is 11.0. The number of aromatic nitrogens is 1. The molecule has 1 aliphatic heterocycles. The molecule has 1 saturated heterocycles. The lowest BCUT2D eigenvalue weighted by Gasteiger charge is -2.27. The highest BCUT2D eigenvalue weighted by Crippen LogP contribution is 2.30. The average molecular weight is 607 g/mol. The van der Waals surface area contributed by atoms with Gasteiger partial charge in [0.2, 0.25) is 5.75 Å². The van der Waals surface area contributed by atoms with Crippen LogP contribution in [0, 0.1) is 11.8 Å². The quantitative estimate of drug-likeness (QED) is 0.172. The maximum Gasteiger partial charge on any atom is 0.332 e. The van der Waals surface area contributed by atoms with Gasteiger partial charge in [0, 0.05) is 18.7 Å². The summed E-state index contributed by atoms with van der Waals surface area (Å²) in [6.45, 7) is 7.89. The molecule has 240 valence electrons. The van der Waals surface area contributed by atoms with E-state index >= 15 is 0 Å². The lowest BCUT2D eigenvalue weighted by molar-refractivity contribution is -0.175. The number of nitrogens with one attached hydrogen (secondary N) is 1. The first kappa shape index (κ1) is 35.5. The fraction of sp³-hybridized carbons (Fsp3) is 0.677. The number of carbonyl (C=O) groups is 5. The molecule has 12 heteroatoms. The second kappa shape index (κ2) is 18.1. The lowest BCUT2D eigenvalue weighted by Crippen LogP contribution is -2.46. The number of ether oxygens (including phenoxy) is 5. The summed E-state index contributed by atoms with van der Waals surface area (Å²) in [4.78, 5) is 67.9. The largest absolute Gasteiger partial charge is 0.493 e. The Morgan fingerprint density at radius 3 is 2.30 bits per heavy atom. The van der Waals surface area contributed by atoms with Crippen molar-refractivity contribution in [2.24, 2.45) is 11.8 Å². The number of hydrogen-bond donors (Lipinski definition) is 1. The zero-order chi connectivity index (χ0) is 31.9. The summed E-state index contributed by atoms with van der Waals surface area (Å²) in [6.07, 6.45) is 7.84. The van der Waals surface area contributed by atoms with Crippen molar-refractivity contribution in [3.63, 3.8) is 0 Å². The van der Waals surface area contributed by atoms with Crippen LogP contribution in [0.15, 0.2) is 12.3 Å². The summed E-state index contributed by atoms with van der Waals surface area (Å²) >= 11 is 0. The van der Waals surface area contributed by atoms with Crippen molar-refractivity contribution in [3.05, 3.63) is 18.0 Å². The van der Waals surface area contributed by atoms with Crippen molar-refractivity contribution in [3.8, 4) is 11.5 Å². The van der Waals surface area contributed by atoms with Gasteiger partial charge in [-0.3, -0.25) is 19.2 Å². The summed E-state index contributed by atoms with van der Waals surface area (Å²) < 4.78 is 27.0. The Balaban J connectivity index is 2.10. The van der Waals surface area contributed by atoms with E-state index in [9.17, 15) is 24.0 Å². The molecule has 4 atom stereocenters. The third-order valence-electron chi connectivity index (χ3n) is 7.09. The van der Waals surface area contributed by atoms with Crippen molar-refractivity contribution in [2.75, 3.05) is 13.7 Å². The van der Waals surface area contributed by atoms with Crippen molar-refractivity contribution in [1.82, 2.24) is 10.3 Å². The molecule has 1 aliphatic rings. The monoisotopic (exact) mass is 606 g/mol. The van der Waals surface area contributed by atoms with Gasteiger partial charge in [-0.25, -0.2) is 9.78 Å². The standard InChI is InChI=1S/C31H46N2O10/c1-7-8-9-10-11-12-13-14-15-24(34)42-27-23(39-6)16-17-32-25(27)28(35)33-22-18-40-30(37)20(4)26(21(5)41-31(22)38)43-29(36)19(2)3/h16-17,19-22,26H,7-15,18H2,1-6H3,(H,33,35)/t20?,21-,22-,26+/m0/s1. The molecule has 1 fully saturated rings. The summed E-state index contributed by atoms with van der Waals surface area (Å²) in [5.74, 6) is -5.14. The molecule has 43 heavy (non-hydrogen) atoms. The molecule has 1 aromatic rings. The van der Waals surface area contributed by atoms with Crippen molar-refractivity contribution in [2.45, 2.75) is 111 Å². The van der Waals surface area contributed by atoms with Crippen LogP contribution in [0.5, 0.6) is 11.5 Å². The molecule has 0 spiro atoms. The molecule has 0 radical (unpaired) electrons. The Labute approximate surface area is 253 Å². The van der Waals surface area contributed by atoms with E-state index in [0.717, 1.165) is 19.3 Å². The van der Waals surface area contributed by atoms with Gasteiger partial charge in [0.1, 0.15) is 12.7 Å². The smallest absolute Gasteiger partial charge is 0.332 e. The maximum absolute atomic E-state index is 13.3. The molecule has 1 amide bonds. The molecule has 1 unspecified atom stereocenters. The Kier molecular flexibility index (Phi) is 14.9. The molecular formula is C31H46N2O10. The number of hydrogen-bond acceptors (Lipinski definition) is 11. The van der Waals surface area contributed by atoms with Crippen molar-refractivity contribution in [1.29, 1.82) is 0 Å². The Morgan fingerprint density at radius 2 is 1.67 bits per heavy atom. The van der Waals surface area contributed by atoms with Crippen LogP contribution >= 0.6 is 0 Å². The molecule has 2 heterocycles. The highest BCUT2D eigenvalue weighted by Gasteiger charge is 2.40. The van der Waals surface area contributed by atoms with Crippen LogP contribution in [0.4, 0.5) is 0 Å². The molecule has 2 rings (SSSR count). The SMILES string of the molecule is CCCCCCCCCCC(=O)Oc1c(OC)ccnc1C(=O)N[C@H]1COC(=O)C(C)[C@@H](OC(=O)C(C)C)[C@H](C)OC1=O. The van der Waals surface area contributed by atoms with Gasteiger partial charge in [0.25, 0.3) is 5.91 Å². The van der Waals surface area contributed by atoms with Crippen LogP contribution in [-0.2, 0) is 33.4 Å². The minimum atomic E-state index is -1.42. The normalized spacial score (nSPS) is 20.6. The summed E-state index contributed by atoms with van der Waals surface area (Å²) in [6, 6.07) is 0.0208. The van der Waals surface area contributed by atoms with Gasteiger partial charge in [0.05, 0.1) is 18.9 Å². The number of methoxy groups -OCH3 is 1. The van der Waals surface area contributed by atoms with Gasteiger partial charge in [-0.2, -0.15) is 0 Å². The zero-order valence-electron chi connectivity index (χ0n) is 26.1. The molecule has 12 nitrogen and oxygen atoms in total. The Morgan fingerprint density at radius 1 is 1.02 bits per heavy atom. The number of unbranched alkanes of at least 4 members (excludes halogenated alkanes) is 7. The third-order valence-corrected chi connectivity index (χ3v) is 7.09. The highest BCUT2D eigenvalue weighted by molar-refractivity contribution is 5.99. The predicted octanol–water partition coefficient (Wildman–Crippen LogP) is 4.32. The molecule has 1 aromatic heterocycles. The van der Waals surface area contributed by atoms with Crippen LogP contribution in [-0.4, -0.2) is 66.7 Å². The molecule has 0 aromatic carbocycles. The van der Waals surface area contributed by atoms with E-state index in [0.29, 0.717) is 6.42 Å². The molecule has 0 saturated carbocycles. The Hall–Kier alpha value is -3.70. The number of carbonyl (C=O) groups excluding carboxylic acids is 5. The van der Waals surface area contributed by atoms with Crippen LogP contribution < -0.4 is 14.8 Å².